The van der Waals surface area contributed by atoms with Gasteiger partial charge in [-0.15, -0.1) is 0 Å². The quantitative estimate of drug-likeness (QED) is 0.0900. The largest absolute Gasteiger partial charge is 0.493 e. The maximum absolute atomic E-state index is 12.8. The molecule has 6 heteroatoms. The van der Waals surface area contributed by atoms with Crippen LogP contribution in [0, 0.1) is 6.92 Å². The summed E-state index contributed by atoms with van der Waals surface area (Å²) in [7, 11) is 0. The summed E-state index contributed by atoms with van der Waals surface area (Å²) in [6.45, 7) is 7.26. The van der Waals surface area contributed by atoms with Crippen LogP contribution in [0.3, 0.4) is 0 Å². The first-order chi connectivity index (χ1) is 19.5. The molecule has 216 valence electrons. The first-order valence-corrected chi connectivity index (χ1v) is 16.0. The van der Waals surface area contributed by atoms with Crippen molar-refractivity contribution in [3.63, 3.8) is 0 Å². The summed E-state index contributed by atoms with van der Waals surface area (Å²) >= 11 is 1.71. The summed E-state index contributed by atoms with van der Waals surface area (Å²) in [4.78, 5) is 25.1. The number of anilines is 1. The van der Waals surface area contributed by atoms with Crippen LogP contribution in [0.15, 0.2) is 54.0 Å². The van der Waals surface area contributed by atoms with E-state index in [0.29, 0.717) is 29.2 Å². The molecule has 0 unspecified atom stereocenters. The molecule has 3 aromatic rings. The fourth-order valence-electron chi connectivity index (χ4n) is 4.83. The van der Waals surface area contributed by atoms with Crippen molar-refractivity contribution in [3.8, 4) is 5.75 Å². The van der Waals surface area contributed by atoms with Gasteiger partial charge in [0.1, 0.15) is 5.75 Å². The molecule has 0 saturated heterocycles. The van der Waals surface area contributed by atoms with Crippen LogP contribution in [-0.2, 0) is 6.54 Å². The summed E-state index contributed by atoms with van der Waals surface area (Å²) in [5.74, 6) is 0.302. The number of amides is 1. The summed E-state index contributed by atoms with van der Waals surface area (Å²) in [6, 6.07) is 12.9. The van der Waals surface area contributed by atoms with Crippen LogP contribution in [0.4, 0.5) is 5.69 Å². The van der Waals surface area contributed by atoms with Gasteiger partial charge in [0.25, 0.3) is 5.91 Å². The Hall–Kier alpha value is -2.99. The van der Waals surface area contributed by atoms with Gasteiger partial charge in [-0.05, 0) is 43.7 Å². The van der Waals surface area contributed by atoms with E-state index in [-0.39, 0.29) is 11.7 Å². The molecule has 0 saturated carbocycles. The average molecular weight is 564 g/mol. The number of aryl methyl sites for hydroxylation is 1. The summed E-state index contributed by atoms with van der Waals surface area (Å²) < 4.78 is 8.15. The number of carbonyl (C=O) groups excluding carboxylic acids is 2. The van der Waals surface area contributed by atoms with Gasteiger partial charge in [-0.25, -0.2) is 0 Å². The predicted molar refractivity (Wildman–Crippen MR) is 166 cm³/mol. The third kappa shape index (κ3) is 10.9. The van der Waals surface area contributed by atoms with Gasteiger partial charge in [0.05, 0.1) is 17.6 Å². The molecule has 5 nitrogen and oxygen atoms in total. The van der Waals surface area contributed by atoms with Crippen molar-refractivity contribution in [1.29, 1.82) is 0 Å². The van der Waals surface area contributed by atoms with Crippen LogP contribution in [-0.4, -0.2) is 18.3 Å². The third-order valence-corrected chi connectivity index (χ3v) is 8.16. The minimum Gasteiger partial charge on any atom is -0.493 e. The van der Waals surface area contributed by atoms with Gasteiger partial charge < -0.3 is 10.1 Å². The Balaban J connectivity index is 1.39. The van der Waals surface area contributed by atoms with Crippen molar-refractivity contribution in [1.82, 2.24) is 0 Å². The summed E-state index contributed by atoms with van der Waals surface area (Å²) in [5, 5.41) is 6.23. The second-order valence-corrected chi connectivity index (χ2v) is 11.8. The average Bonchev–Trinajstić information content (AvgIpc) is 3.36. The van der Waals surface area contributed by atoms with Crippen LogP contribution >= 0.6 is 11.3 Å². The summed E-state index contributed by atoms with van der Waals surface area (Å²) in [5.41, 5.74) is 2.79. The zero-order chi connectivity index (χ0) is 28.6. The van der Waals surface area contributed by atoms with Crippen molar-refractivity contribution >= 4 is 28.7 Å². The fourth-order valence-corrected chi connectivity index (χ4v) is 5.50. The Labute approximate surface area is 245 Å². The Morgan fingerprint density at radius 3 is 2.05 bits per heavy atom. The maximum Gasteiger partial charge on any atom is 0.255 e. The number of nitrogens with one attached hydrogen (secondary N) is 1. The van der Waals surface area contributed by atoms with Gasteiger partial charge >= 0.3 is 0 Å². The smallest absolute Gasteiger partial charge is 0.255 e. The van der Waals surface area contributed by atoms with Gasteiger partial charge in [0, 0.05) is 23.7 Å². The molecule has 0 radical (unpaired) electrons. The number of ether oxygens (including phenoxy) is 1. The highest BCUT2D eigenvalue weighted by atomic mass is 32.1. The van der Waals surface area contributed by atoms with Crippen LogP contribution in [0.5, 0.6) is 5.75 Å². The molecule has 1 aromatic heterocycles. The summed E-state index contributed by atoms with van der Waals surface area (Å²) in [6.07, 6.45) is 17.6. The van der Waals surface area contributed by atoms with Crippen LogP contribution in [0.2, 0.25) is 0 Å². The molecule has 2 aromatic carbocycles. The highest BCUT2D eigenvalue weighted by Crippen LogP contribution is 2.24. The van der Waals surface area contributed by atoms with Crippen molar-refractivity contribution < 1.29 is 18.9 Å². The number of benzene rings is 2. The molecule has 0 bridgehead atoms. The highest BCUT2D eigenvalue weighted by molar-refractivity contribution is 7.09. The molecule has 0 spiro atoms. The Morgan fingerprint density at radius 1 is 0.850 bits per heavy atom. The minimum atomic E-state index is -0.203. The predicted octanol–water partition coefficient (Wildman–Crippen LogP) is 8.93. The number of unbranched alkanes of at least 4 members (excludes halogenated alkanes) is 11. The number of hydrogen-bond donors (Lipinski definition) is 1. The first kappa shape index (κ1) is 31.5. The van der Waals surface area contributed by atoms with Gasteiger partial charge in [-0.1, -0.05) is 101 Å². The third-order valence-electron chi connectivity index (χ3n) is 7.33. The normalized spacial score (nSPS) is 11.0. The molecule has 0 aliphatic carbocycles. The SMILES string of the molecule is CCCCCCCCCCCCCCOc1ccc(NC(=O)c2ccc(C[n+]3ccsc3C)cc2)cc1C(C)=O. The van der Waals surface area contributed by atoms with Crippen LogP contribution in [0.1, 0.15) is 122 Å². The molecule has 0 fully saturated rings. The minimum absolute atomic E-state index is 0.0774. The van der Waals surface area contributed by atoms with Crippen molar-refractivity contribution in [2.75, 3.05) is 11.9 Å². The first-order valence-electron chi connectivity index (χ1n) is 15.1. The van der Waals surface area contributed by atoms with Gasteiger partial charge in [0.15, 0.2) is 18.5 Å². The van der Waals surface area contributed by atoms with E-state index in [1.165, 1.54) is 76.1 Å². The van der Waals surface area contributed by atoms with E-state index in [1.54, 1.807) is 29.5 Å². The molecular formula is C34H47N2O3S+. The van der Waals surface area contributed by atoms with Crippen LogP contribution < -0.4 is 14.6 Å². The highest BCUT2D eigenvalue weighted by Gasteiger charge is 2.14. The lowest BCUT2D eigenvalue weighted by Gasteiger charge is -2.12. The fraction of sp³-hybridized carbons (Fsp3) is 0.500. The molecule has 0 atom stereocenters. The molecule has 0 aliphatic heterocycles. The van der Waals surface area contributed by atoms with E-state index in [2.05, 4.69) is 35.3 Å². The number of Topliss-reactive ketones (excluding diaryl/α,β-unsaturated/α-hetero) is 1. The zero-order valence-corrected chi connectivity index (χ0v) is 25.5. The van der Waals surface area contributed by atoms with E-state index < -0.39 is 0 Å². The molecule has 1 amide bonds. The van der Waals surface area contributed by atoms with Gasteiger partial charge in [-0.2, -0.15) is 4.57 Å². The van der Waals surface area contributed by atoms with Crippen LogP contribution in [0.25, 0.3) is 0 Å². The Morgan fingerprint density at radius 2 is 1.48 bits per heavy atom. The van der Waals surface area contributed by atoms with E-state index in [1.807, 2.05) is 24.3 Å². The number of rotatable bonds is 19. The lowest BCUT2D eigenvalue weighted by atomic mass is 10.1. The number of ketones is 1. The Bertz CT molecular complexity index is 1190. The lowest BCUT2D eigenvalue weighted by molar-refractivity contribution is -0.689. The maximum atomic E-state index is 12.8. The molecule has 1 heterocycles. The number of hydrogen-bond acceptors (Lipinski definition) is 4. The number of nitrogens with zero attached hydrogens (tertiary/aromatic N) is 1. The van der Waals surface area contributed by atoms with E-state index in [4.69, 9.17) is 4.74 Å². The van der Waals surface area contributed by atoms with E-state index in [0.717, 1.165) is 24.9 Å². The second kappa shape index (κ2) is 17.6. The molecule has 1 N–H and O–H groups in total. The van der Waals surface area contributed by atoms with E-state index in [9.17, 15) is 9.59 Å². The topological polar surface area (TPSA) is 59.3 Å². The van der Waals surface area contributed by atoms with Crippen molar-refractivity contribution in [2.45, 2.75) is 104 Å². The Kier molecular flexibility index (Phi) is 13.9. The molecule has 0 aliphatic rings. The number of carbonyl (C=O) groups is 2. The zero-order valence-electron chi connectivity index (χ0n) is 24.7. The molecular weight excluding hydrogens is 516 g/mol. The van der Waals surface area contributed by atoms with Gasteiger partial charge in [-0.3, -0.25) is 9.59 Å². The van der Waals surface area contributed by atoms with Crippen molar-refractivity contribution in [2.24, 2.45) is 0 Å². The molecule has 3 rings (SSSR count). The lowest BCUT2D eigenvalue weighted by Crippen LogP contribution is -2.34. The standard InChI is InChI=1S/C34H46N2O3S/c1-4-5-6-7-8-9-10-11-12-13-14-15-23-39-33-21-20-31(25-32(33)27(2)37)35-34(38)30-18-16-29(17-19-30)26-36-22-24-40-28(36)3/h16-22,24-25H,4-15,23,26H2,1-3H3/p+1. The van der Waals surface area contributed by atoms with Gasteiger partial charge in [0.2, 0.25) is 5.01 Å². The van der Waals surface area contributed by atoms with Crippen molar-refractivity contribution in [3.05, 3.63) is 75.7 Å². The monoisotopic (exact) mass is 563 g/mol. The number of thiazole rings is 1. The number of aromatic nitrogens is 1. The second-order valence-electron chi connectivity index (χ2n) is 10.7. The molecule has 40 heavy (non-hydrogen) atoms. The van der Waals surface area contributed by atoms with E-state index >= 15 is 0 Å².